The molecular weight excluding hydrogens is 222 g/mol. The summed E-state index contributed by atoms with van der Waals surface area (Å²) in [6.45, 7) is 0.190. The maximum atomic E-state index is 11.5. The van der Waals surface area contributed by atoms with Crippen LogP contribution in [-0.2, 0) is 6.54 Å². The molecule has 0 aliphatic heterocycles. The van der Waals surface area contributed by atoms with Crippen molar-refractivity contribution in [2.24, 2.45) is 5.84 Å². The Morgan fingerprint density at radius 3 is 2.94 bits per heavy atom. The number of nitrogens with two attached hydrogens (primary N) is 1. The Hall–Kier alpha value is -2.34. The summed E-state index contributed by atoms with van der Waals surface area (Å²) < 4.78 is 6.61. The summed E-state index contributed by atoms with van der Waals surface area (Å²) in [5, 5.41) is 0. The van der Waals surface area contributed by atoms with E-state index in [9.17, 15) is 9.59 Å². The van der Waals surface area contributed by atoms with Gasteiger partial charge in [-0.2, -0.15) is 0 Å². The number of furan rings is 1. The highest BCUT2D eigenvalue weighted by molar-refractivity contribution is 5.94. The fraction of sp³-hybridized carbons (Fsp3) is 0.0909. The van der Waals surface area contributed by atoms with Gasteiger partial charge in [0.1, 0.15) is 5.76 Å². The SMILES string of the molecule is NNC(=O)c1ccoc1Cn1ccccc1=O. The molecular formula is C11H11N3O3. The topological polar surface area (TPSA) is 90.3 Å². The second-order valence-corrected chi connectivity index (χ2v) is 3.40. The van der Waals surface area contributed by atoms with E-state index in [4.69, 9.17) is 10.3 Å². The van der Waals surface area contributed by atoms with Crippen molar-refractivity contribution in [1.29, 1.82) is 0 Å². The lowest BCUT2D eigenvalue weighted by Crippen LogP contribution is -2.30. The minimum Gasteiger partial charge on any atom is -0.467 e. The van der Waals surface area contributed by atoms with E-state index in [0.29, 0.717) is 11.3 Å². The van der Waals surface area contributed by atoms with Crippen molar-refractivity contribution in [3.63, 3.8) is 0 Å². The molecule has 17 heavy (non-hydrogen) atoms. The zero-order valence-electron chi connectivity index (χ0n) is 8.92. The molecule has 88 valence electrons. The number of aromatic nitrogens is 1. The fourth-order valence-corrected chi connectivity index (χ4v) is 1.49. The first-order chi connectivity index (χ1) is 8.22. The van der Waals surface area contributed by atoms with Gasteiger partial charge in [-0.15, -0.1) is 0 Å². The van der Waals surface area contributed by atoms with Crippen molar-refractivity contribution in [2.45, 2.75) is 6.54 Å². The smallest absolute Gasteiger partial charge is 0.268 e. The standard InChI is InChI=1S/C11H11N3O3/c12-13-11(16)8-4-6-17-9(8)7-14-5-2-1-3-10(14)15/h1-6H,7,12H2,(H,13,16). The number of amides is 1. The Labute approximate surface area is 96.6 Å². The minimum absolute atomic E-state index is 0.164. The summed E-state index contributed by atoms with van der Waals surface area (Å²) >= 11 is 0. The molecule has 6 nitrogen and oxygen atoms in total. The van der Waals surface area contributed by atoms with Crippen LogP contribution in [0.5, 0.6) is 0 Å². The minimum atomic E-state index is -0.447. The molecule has 2 heterocycles. The maximum Gasteiger partial charge on any atom is 0.268 e. The van der Waals surface area contributed by atoms with Crippen molar-refractivity contribution in [2.75, 3.05) is 0 Å². The van der Waals surface area contributed by atoms with Gasteiger partial charge >= 0.3 is 0 Å². The molecule has 0 saturated heterocycles. The predicted molar refractivity (Wildman–Crippen MR) is 60.2 cm³/mol. The van der Waals surface area contributed by atoms with Crippen molar-refractivity contribution < 1.29 is 9.21 Å². The molecule has 0 unspecified atom stereocenters. The number of hydrazine groups is 1. The molecule has 1 amide bonds. The summed E-state index contributed by atoms with van der Waals surface area (Å²) in [7, 11) is 0. The highest BCUT2D eigenvalue weighted by atomic mass is 16.3. The van der Waals surface area contributed by atoms with Gasteiger partial charge in [0.05, 0.1) is 18.4 Å². The molecule has 0 radical (unpaired) electrons. The van der Waals surface area contributed by atoms with Crippen LogP contribution in [0.1, 0.15) is 16.1 Å². The van der Waals surface area contributed by atoms with Gasteiger partial charge in [-0.3, -0.25) is 15.0 Å². The van der Waals surface area contributed by atoms with Gasteiger partial charge in [0.2, 0.25) is 0 Å². The van der Waals surface area contributed by atoms with Crippen molar-refractivity contribution in [1.82, 2.24) is 9.99 Å². The molecule has 0 aromatic carbocycles. The van der Waals surface area contributed by atoms with Crippen molar-refractivity contribution in [3.8, 4) is 0 Å². The molecule has 2 rings (SSSR count). The zero-order chi connectivity index (χ0) is 12.3. The monoisotopic (exact) mass is 233 g/mol. The quantitative estimate of drug-likeness (QED) is 0.446. The molecule has 2 aromatic heterocycles. The van der Waals surface area contributed by atoms with Crippen LogP contribution in [0.25, 0.3) is 0 Å². The number of nitrogens with zero attached hydrogens (tertiary/aromatic N) is 1. The summed E-state index contributed by atoms with van der Waals surface area (Å²) in [4.78, 5) is 22.9. The van der Waals surface area contributed by atoms with E-state index >= 15 is 0 Å². The number of pyridine rings is 1. The molecule has 0 aliphatic rings. The Morgan fingerprint density at radius 1 is 1.41 bits per heavy atom. The largest absolute Gasteiger partial charge is 0.467 e. The highest BCUT2D eigenvalue weighted by Gasteiger charge is 2.13. The van der Waals surface area contributed by atoms with E-state index in [1.54, 1.807) is 18.3 Å². The van der Waals surface area contributed by atoms with Crippen LogP contribution in [-0.4, -0.2) is 10.5 Å². The third-order valence-corrected chi connectivity index (χ3v) is 2.33. The summed E-state index contributed by atoms with van der Waals surface area (Å²) in [6.07, 6.45) is 3.00. The first-order valence-corrected chi connectivity index (χ1v) is 4.95. The molecule has 6 heteroatoms. The van der Waals surface area contributed by atoms with Crippen LogP contribution in [0.15, 0.2) is 45.9 Å². The third kappa shape index (κ3) is 2.26. The van der Waals surface area contributed by atoms with Crippen LogP contribution in [0.2, 0.25) is 0 Å². The van der Waals surface area contributed by atoms with Gasteiger partial charge in [0.25, 0.3) is 11.5 Å². The molecule has 0 spiro atoms. The van der Waals surface area contributed by atoms with Crippen molar-refractivity contribution >= 4 is 5.91 Å². The summed E-state index contributed by atoms with van der Waals surface area (Å²) in [5.41, 5.74) is 2.18. The van der Waals surface area contributed by atoms with Crippen molar-refractivity contribution in [3.05, 3.63) is 58.4 Å². The Balaban J connectivity index is 2.31. The van der Waals surface area contributed by atoms with E-state index in [2.05, 4.69) is 0 Å². The van der Waals surface area contributed by atoms with Crippen LogP contribution in [0.3, 0.4) is 0 Å². The number of nitrogen functional groups attached to an aromatic ring is 1. The predicted octanol–water partition coefficient (Wildman–Crippen LogP) is 0.0931. The van der Waals surface area contributed by atoms with Crippen LogP contribution < -0.4 is 16.8 Å². The first kappa shape index (κ1) is 11.2. The molecule has 3 N–H and O–H groups in total. The van der Waals surface area contributed by atoms with Crippen LogP contribution in [0.4, 0.5) is 0 Å². The number of carbonyl (C=O) groups is 1. The molecule has 0 aliphatic carbocycles. The van der Waals surface area contributed by atoms with E-state index < -0.39 is 5.91 Å². The second kappa shape index (κ2) is 4.67. The average Bonchev–Trinajstić information content (AvgIpc) is 2.79. The Kier molecular flexibility index (Phi) is 3.06. The normalized spacial score (nSPS) is 10.2. The zero-order valence-corrected chi connectivity index (χ0v) is 8.92. The van der Waals surface area contributed by atoms with E-state index in [0.717, 1.165) is 0 Å². The van der Waals surface area contributed by atoms with Gasteiger partial charge in [-0.25, -0.2) is 5.84 Å². The van der Waals surface area contributed by atoms with E-state index in [1.165, 1.54) is 23.0 Å². The van der Waals surface area contributed by atoms with Gasteiger partial charge in [-0.05, 0) is 12.1 Å². The lowest BCUT2D eigenvalue weighted by atomic mass is 10.2. The Bertz CT molecular complexity index is 585. The van der Waals surface area contributed by atoms with Gasteiger partial charge < -0.3 is 8.98 Å². The number of hydrogen-bond donors (Lipinski definition) is 2. The summed E-state index contributed by atoms with van der Waals surface area (Å²) in [5.74, 6) is 4.99. The van der Waals surface area contributed by atoms with Crippen LogP contribution >= 0.6 is 0 Å². The van der Waals surface area contributed by atoms with E-state index in [-0.39, 0.29) is 12.1 Å². The number of hydrogen-bond acceptors (Lipinski definition) is 4. The Morgan fingerprint density at radius 2 is 2.24 bits per heavy atom. The number of carbonyl (C=O) groups excluding carboxylic acids is 1. The van der Waals surface area contributed by atoms with Gasteiger partial charge in [-0.1, -0.05) is 6.07 Å². The summed E-state index contributed by atoms with van der Waals surface area (Å²) in [6, 6.07) is 6.32. The number of rotatable bonds is 3. The van der Waals surface area contributed by atoms with Crippen LogP contribution in [0, 0.1) is 0 Å². The maximum absolute atomic E-state index is 11.5. The number of nitrogens with one attached hydrogen (secondary N) is 1. The van der Waals surface area contributed by atoms with E-state index in [1.807, 2.05) is 5.43 Å². The first-order valence-electron chi connectivity index (χ1n) is 4.95. The van der Waals surface area contributed by atoms with Gasteiger partial charge in [0.15, 0.2) is 0 Å². The average molecular weight is 233 g/mol. The third-order valence-electron chi connectivity index (χ3n) is 2.33. The lowest BCUT2D eigenvalue weighted by molar-refractivity contribution is 0.0951. The lowest BCUT2D eigenvalue weighted by Gasteiger charge is -2.04. The van der Waals surface area contributed by atoms with Gasteiger partial charge in [0, 0.05) is 12.3 Å². The molecule has 0 fully saturated rings. The highest BCUT2D eigenvalue weighted by Crippen LogP contribution is 2.11. The fourth-order valence-electron chi connectivity index (χ4n) is 1.49. The molecule has 0 bridgehead atoms. The molecule has 0 atom stereocenters. The second-order valence-electron chi connectivity index (χ2n) is 3.40. The molecule has 2 aromatic rings. The molecule has 0 saturated carbocycles.